The summed E-state index contributed by atoms with van der Waals surface area (Å²) < 4.78 is 4.90. The topological polar surface area (TPSA) is 9.23 Å². The monoisotopic (exact) mass is 152 g/mol. The van der Waals surface area contributed by atoms with Crippen LogP contribution in [0.3, 0.4) is 0 Å². The first-order chi connectivity index (χ1) is 5.20. The molecule has 0 aliphatic rings. The predicted molar refractivity (Wildman–Crippen MR) is 49.3 cm³/mol. The summed E-state index contributed by atoms with van der Waals surface area (Å²) in [6, 6.07) is 0. The Morgan fingerprint density at radius 1 is 1.55 bits per heavy atom. The van der Waals surface area contributed by atoms with Crippen molar-refractivity contribution in [3.63, 3.8) is 0 Å². The lowest BCUT2D eigenvalue weighted by Gasteiger charge is -1.97. The van der Waals surface area contributed by atoms with E-state index in [9.17, 15) is 0 Å². The summed E-state index contributed by atoms with van der Waals surface area (Å²) in [6.45, 7) is 7.78. The predicted octanol–water partition coefficient (Wildman–Crippen LogP) is 3.06. The summed E-state index contributed by atoms with van der Waals surface area (Å²) in [5.41, 5.74) is 1.26. The lowest BCUT2D eigenvalue weighted by molar-refractivity contribution is 0.287. The van der Waals surface area contributed by atoms with Crippen molar-refractivity contribution in [2.75, 3.05) is 7.11 Å². The molecule has 0 aliphatic carbocycles. The zero-order chi connectivity index (χ0) is 8.69. The van der Waals surface area contributed by atoms with Crippen LogP contribution in [0.2, 0.25) is 0 Å². The molecule has 0 aromatic heterocycles. The molecule has 0 aromatic carbocycles. The Morgan fingerprint density at radius 3 is 2.64 bits per heavy atom. The minimum absolute atomic E-state index is 0.793. The van der Waals surface area contributed by atoms with E-state index in [1.807, 2.05) is 13.0 Å². The number of hydrogen-bond donors (Lipinski definition) is 0. The standard InChI is InChI=1S/C10H16O/c1-5-9(2)7-6-8-10(3)11-4/h5-7H,3,8H2,1-2,4H3/b7-6?,9-5-. The first kappa shape index (κ1) is 10.0. The van der Waals surface area contributed by atoms with E-state index in [4.69, 9.17) is 4.74 Å². The van der Waals surface area contributed by atoms with E-state index >= 15 is 0 Å². The molecule has 0 amide bonds. The van der Waals surface area contributed by atoms with Gasteiger partial charge in [0, 0.05) is 6.42 Å². The van der Waals surface area contributed by atoms with E-state index in [2.05, 4.69) is 25.7 Å². The summed E-state index contributed by atoms with van der Waals surface area (Å²) in [5, 5.41) is 0. The summed E-state index contributed by atoms with van der Waals surface area (Å²) in [6.07, 6.45) is 6.96. The van der Waals surface area contributed by atoms with Crippen LogP contribution in [0.25, 0.3) is 0 Å². The van der Waals surface area contributed by atoms with Crippen molar-refractivity contribution in [2.45, 2.75) is 20.3 Å². The molecular weight excluding hydrogens is 136 g/mol. The number of rotatable bonds is 4. The molecular formula is C10H16O. The maximum Gasteiger partial charge on any atom is 0.0921 e. The molecule has 11 heavy (non-hydrogen) atoms. The molecule has 0 saturated heterocycles. The molecule has 0 rings (SSSR count). The maximum atomic E-state index is 4.90. The van der Waals surface area contributed by atoms with Crippen molar-refractivity contribution in [2.24, 2.45) is 0 Å². The van der Waals surface area contributed by atoms with Gasteiger partial charge in [0.1, 0.15) is 0 Å². The third-order valence-corrected chi connectivity index (χ3v) is 1.47. The highest BCUT2D eigenvalue weighted by atomic mass is 16.5. The van der Waals surface area contributed by atoms with Gasteiger partial charge in [-0.05, 0) is 13.8 Å². The van der Waals surface area contributed by atoms with Gasteiger partial charge in [-0.25, -0.2) is 0 Å². The highest BCUT2D eigenvalue weighted by Gasteiger charge is 1.85. The lowest BCUT2D eigenvalue weighted by atomic mass is 10.2. The fraction of sp³-hybridized carbons (Fsp3) is 0.400. The Bertz CT molecular complexity index is 175. The van der Waals surface area contributed by atoms with Crippen LogP contribution in [0.15, 0.2) is 36.1 Å². The van der Waals surface area contributed by atoms with Crippen LogP contribution in [0.1, 0.15) is 20.3 Å². The molecule has 0 heterocycles. The van der Waals surface area contributed by atoms with Gasteiger partial charge >= 0.3 is 0 Å². The molecule has 0 N–H and O–H groups in total. The van der Waals surface area contributed by atoms with Crippen LogP contribution in [0.4, 0.5) is 0 Å². The average molecular weight is 152 g/mol. The van der Waals surface area contributed by atoms with Gasteiger partial charge in [-0.1, -0.05) is 30.4 Å². The smallest absolute Gasteiger partial charge is 0.0921 e. The summed E-state index contributed by atoms with van der Waals surface area (Å²) in [4.78, 5) is 0. The summed E-state index contributed by atoms with van der Waals surface area (Å²) in [5.74, 6) is 0.796. The second kappa shape index (κ2) is 5.78. The number of methoxy groups -OCH3 is 1. The van der Waals surface area contributed by atoms with E-state index in [1.54, 1.807) is 7.11 Å². The number of ether oxygens (including phenoxy) is 1. The molecule has 0 aliphatic heterocycles. The molecule has 0 saturated carbocycles. The van der Waals surface area contributed by atoms with Gasteiger partial charge in [-0.2, -0.15) is 0 Å². The Morgan fingerprint density at radius 2 is 2.18 bits per heavy atom. The molecule has 1 heteroatoms. The minimum atomic E-state index is 0.793. The zero-order valence-electron chi connectivity index (χ0n) is 7.55. The summed E-state index contributed by atoms with van der Waals surface area (Å²) >= 11 is 0. The Kier molecular flexibility index (Phi) is 5.26. The SMILES string of the molecule is C=C(CC=C/C(C)=C\C)OC. The highest BCUT2D eigenvalue weighted by Crippen LogP contribution is 2.01. The van der Waals surface area contributed by atoms with Gasteiger partial charge in [-0.3, -0.25) is 0 Å². The second-order valence-corrected chi connectivity index (χ2v) is 2.38. The van der Waals surface area contributed by atoms with E-state index in [0.717, 1.165) is 12.2 Å². The van der Waals surface area contributed by atoms with Crippen LogP contribution in [-0.2, 0) is 4.74 Å². The van der Waals surface area contributed by atoms with Crippen LogP contribution >= 0.6 is 0 Å². The van der Waals surface area contributed by atoms with E-state index in [0.29, 0.717) is 0 Å². The molecule has 0 spiro atoms. The molecule has 0 unspecified atom stereocenters. The molecule has 0 atom stereocenters. The first-order valence-electron chi connectivity index (χ1n) is 3.72. The number of allylic oxidation sites excluding steroid dienone is 4. The molecule has 1 nitrogen and oxygen atoms in total. The normalized spacial score (nSPS) is 12.1. The lowest BCUT2D eigenvalue weighted by Crippen LogP contribution is -1.80. The van der Waals surface area contributed by atoms with Gasteiger partial charge in [0.15, 0.2) is 0 Å². The molecule has 0 fully saturated rings. The Labute approximate surface area is 69.1 Å². The van der Waals surface area contributed by atoms with Crippen LogP contribution in [0.5, 0.6) is 0 Å². The molecule has 62 valence electrons. The van der Waals surface area contributed by atoms with Crippen LogP contribution in [0, 0.1) is 0 Å². The maximum absolute atomic E-state index is 4.90. The van der Waals surface area contributed by atoms with Gasteiger partial charge < -0.3 is 4.74 Å². The minimum Gasteiger partial charge on any atom is -0.501 e. The quantitative estimate of drug-likeness (QED) is 0.444. The average Bonchev–Trinajstić information content (AvgIpc) is 2.04. The third-order valence-electron chi connectivity index (χ3n) is 1.47. The summed E-state index contributed by atoms with van der Waals surface area (Å²) in [7, 11) is 1.64. The second-order valence-electron chi connectivity index (χ2n) is 2.38. The van der Waals surface area contributed by atoms with E-state index in [-0.39, 0.29) is 0 Å². The van der Waals surface area contributed by atoms with Crippen molar-refractivity contribution in [1.82, 2.24) is 0 Å². The fourth-order valence-electron chi connectivity index (χ4n) is 0.556. The largest absolute Gasteiger partial charge is 0.501 e. The molecule has 0 aromatic rings. The van der Waals surface area contributed by atoms with Crippen molar-refractivity contribution in [1.29, 1.82) is 0 Å². The van der Waals surface area contributed by atoms with Crippen LogP contribution in [-0.4, -0.2) is 7.11 Å². The van der Waals surface area contributed by atoms with Gasteiger partial charge in [-0.15, -0.1) is 0 Å². The van der Waals surface area contributed by atoms with Gasteiger partial charge in [0.2, 0.25) is 0 Å². The van der Waals surface area contributed by atoms with Gasteiger partial charge in [0.05, 0.1) is 12.9 Å². The van der Waals surface area contributed by atoms with Crippen LogP contribution < -0.4 is 0 Å². The van der Waals surface area contributed by atoms with Crippen molar-refractivity contribution in [3.8, 4) is 0 Å². The first-order valence-corrected chi connectivity index (χ1v) is 3.72. The Hall–Kier alpha value is -0.980. The highest BCUT2D eigenvalue weighted by molar-refractivity contribution is 5.15. The zero-order valence-corrected chi connectivity index (χ0v) is 7.55. The van der Waals surface area contributed by atoms with Crippen molar-refractivity contribution < 1.29 is 4.74 Å². The van der Waals surface area contributed by atoms with Crippen molar-refractivity contribution >= 4 is 0 Å². The Balaban J connectivity index is 3.69. The van der Waals surface area contributed by atoms with Gasteiger partial charge in [0.25, 0.3) is 0 Å². The molecule has 0 bridgehead atoms. The van der Waals surface area contributed by atoms with Crippen molar-refractivity contribution in [3.05, 3.63) is 36.1 Å². The number of hydrogen-bond acceptors (Lipinski definition) is 1. The molecule has 0 radical (unpaired) electrons. The van der Waals surface area contributed by atoms with E-state index < -0.39 is 0 Å². The fourth-order valence-corrected chi connectivity index (χ4v) is 0.556. The third kappa shape index (κ3) is 5.46. The van der Waals surface area contributed by atoms with E-state index in [1.165, 1.54) is 5.57 Å².